The monoisotopic (exact) mass is 740 g/mol. The van der Waals surface area contributed by atoms with Gasteiger partial charge >= 0.3 is 0 Å². The smallest absolute Gasteiger partial charge is 0.0544 e. The highest BCUT2D eigenvalue weighted by molar-refractivity contribution is 6.22. The largest absolute Gasteiger partial charge is 0.313 e. The van der Waals surface area contributed by atoms with Crippen LogP contribution in [0.3, 0.4) is 0 Å². The molecule has 2 heteroatoms. The summed E-state index contributed by atoms with van der Waals surface area (Å²) in [5.74, 6) is 0. The number of hydrogen-bond donors (Lipinski definition) is 0. The minimum Gasteiger partial charge on any atom is -0.313 e. The molecular weight excluding hydrogens is 701 g/mol. The fourth-order valence-electron chi connectivity index (χ4n) is 9.00. The first-order valence-electron chi connectivity index (χ1n) is 20.2. The number of hydrogen-bond acceptors (Lipinski definition) is 1. The first-order chi connectivity index (χ1) is 28.8. The van der Waals surface area contributed by atoms with Crippen molar-refractivity contribution < 1.29 is 0 Å². The SMILES string of the molecule is C1=CCCC(n2c3ccc(-c4ccc(N(c5ccc(-c6cccc(-c7ccccc7)c6)cc5)c5cccc6ccccc56)cc4)cc3c3c4ccccc4ccc32)=C1. The highest BCUT2D eigenvalue weighted by Crippen LogP contribution is 2.42. The molecule has 0 aliphatic heterocycles. The van der Waals surface area contributed by atoms with E-state index in [9.17, 15) is 0 Å². The Morgan fingerprint density at radius 3 is 1.66 bits per heavy atom. The van der Waals surface area contributed by atoms with E-state index in [1.165, 1.54) is 82.4 Å². The van der Waals surface area contributed by atoms with E-state index >= 15 is 0 Å². The number of benzene rings is 9. The third kappa shape index (κ3) is 5.90. The summed E-state index contributed by atoms with van der Waals surface area (Å²) in [6.07, 6.45) is 8.84. The molecule has 58 heavy (non-hydrogen) atoms. The molecule has 274 valence electrons. The molecule has 11 rings (SSSR count). The second kappa shape index (κ2) is 14.3. The van der Waals surface area contributed by atoms with Crippen LogP contribution in [0.2, 0.25) is 0 Å². The lowest BCUT2D eigenvalue weighted by molar-refractivity contribution is 0.979. The predicted molar refractivity (Wildman–Crippen MR) is 248 cm³/mol. The van der Waals surface area contributed by atoms with E-state index in [0.717, 1.165) is 29.9 Å². The van der Waals surface area contributed by atoms with Crippen LogP contribution in [-0.4, -0.2) is 4.57 Å². The van der Waals surface area contributed by atoms with E-state index in [4.69, 9.17) is 0 Å². The van der Waals surface area contributed by atoms with Crippen LogP contribution in [0.5, 0.6) is 0 Å². The molecule has 0 bridgehead atoms. The van der Waals surface area contributed by atoms with Gasteiger partial charge in [-0.2, -0.15) is 0 Å². The van der Waals surface area contributed by atoms with Gasteiger partial charge in [-0.3, -0.25) is 0 Å². The maximum atomic E-state index is 2.49. The van der Waals surface area contributed by atoms with Gasteiger partial charge in [-0.15, -0.1) is 0 Å². The van der Waals surface area contributed by atoms with Crippen molar-refractivity contribution in [3.63, 3.8) is 0 Å². The van der Waals surface area contributed by atoms with Crippen molar-refractivity contribution in [1.82, 2.24) is 4.57 Å². The normalized spacial score (nSPS) is 12.7. The van der Waals surface area contributed by atoms with E-state index in [1.807, 2.05) is 0 Å². The topological polar surface area (TPSA) is 8.17 Å². The zero-order chi connectivity index (χ0) is 38.4. The molecule has 0 radical (unpaired) electrons. The Balaban J connectivity index is 1.01. The van der Waals surface area contributed by atoms with Gasteiger partial charge in [0.25, 0.3) is 0 Å². The van der Waals surface area contributed by atoms with E-state index in [0.29, 0.717) is 0 Å². The van der Waals surface area contributed by atoms with Crippen LogP contribution in [0.25, 0.3) is 82.4 Å². The number of fused-ring (bicyclic) bond motifs is 6. The quantitative estimate of drug-likeness (QED) is 0.158. The molecule has 1 aliphatic carbocycles. The lowest BCUT2D eigenvalue weighted by Gasteiger charge is -2.27. The molecule has 0 N–H and O–H groups in total. The highest BCUT2D eigenvalue weighted by atomic mass is 15.1. The van der Waals surface area contributed by atoms with E-state index in [-0.39, 0.29) is 0 Å². The van der Waals surface area contributed by atoms with Crippen molar-refractivity contribution in [2.45, 2.75) is 12.8 Å². The predicted octanol–water partition coefficient (Wildman–Crippen LogP) is 15.8. The van der Waals surface area contributed by atoms with Crippen LogP contribution in [0.4, 0.5) is 17.1 Å². The molecule has 0 fully saturated rings. The molecule has 0 spiro atoms. The molecule has 0 amide bonds. The van der Waals surface area contributed by atoms with Gasteiger partial charge in [0.05, 0.1) is 16.7 Å². The minimum absolute atomic E-state index is 1.03. The summed E-state index contributed by atoms with van der Waals surface area (Å²) in [7, 11) is 0. The summed E-state index contributed by atoms with van der Waals surface area (Å²) in [5.41, 5.74) is 14.5. The van der Waals surface area contributed by atoms with Crippen molar-refractivity contribution in [1.29, 1.82) is 0 Å². The van der Waals surface area contributed by atoms with Crippen molar-refractivity contribution in [3.05, 3.63) is 218 Å². The summed E-state index contributed by atoms with van der Waals surface area (Å²) in [5, 5.41) is 7.60. The average Bonchev–Trinajstić information content (AvgIpc) is 3.64. The second-order valence-electron chi connectivity index (χ2n) is 15.2. The molecule has 0 saturated heterocycles. The van der Waals surface area contributed by atoms with Gasteiger partial charge in [0, 0.05) is 33.2 Å². The zero-order valence-electron chi connectivity index (χ0n) is 32.1. The summed E-state index contributed by atoms with van der Waals surface area (Å²) in [6, 6.07) is 73.2. The average molecular weight is 741 g/mol. The van der Waals surface area contributed by atoms with E-state index in [1.54, 1.807) is 0 Å². The standard InChI is InChI=1S/C56H40N2/c1-3-13-39(14-4-1)44-18-11-19-45(37-44)40-25-31-48(32-26-40)57(53-24-12-17-42-15-7-9-22-50(42)53)49-33-27-41(28-34-49)46-30-35-54-52(38-46)56-51-23-10-8-16-43(51)29-36-55(56)58(54)47-20-5-2-6-21-47/h1-5,7-20,22-38H,6,21H2. The van der Waals surface area contributed by atoms with Gasteiger partial charge in [0.2, 0.25) is 0 Å². The van der Waals surface area contributed by atoms with Gasteiger partial charge in [-0.1, -0.05) is 158 Å². The Labute approximate surface area is 338 Å². The number of anilines is 3. The Morgan fingerprint density at radius 2 is 0.948 bits per heavy atom. The first-order valence-corrected chi connectivity index (χ1v) is 20.2. The van der Waals surface area contributed by atoms with Gasteiger partial charge in [-0.05, 0) is 123 Å². The van der Waals surface area contributed by atoms with Crippen molar-refractivity contribution in [2.24, 2.45) is 0 Å². The molecular formula is C56H40N2. The van der Waals surface area contributed by atoms with Crippen LogP contribution < -0.4 is 4.90 Å². The Bertz CT molecular complexity index is 3200. The maximum absolute atomic E-state index is 2.49. The first kappa shape index (κ1) is 33.9. The molecule has 1 aliphatic rings. The molecule has 2 nitrogen and oxygen atoms in total. The lowest BCUT2D eigenvalue weighted by atomic mass is 9.98. The molecule has 0 saturated carbocycles. The molecule has 0 unspecified atom stereocenters. The van der Waals surface area contributed by atoms with Crippen LogP contribution >= 0.6 is 0 Å². The van der Waals surface area contributed by atoms with Crippen LogP contribution in [0, 0.1) is 0 Å². The van der Waals surface area contributed by atoms with Crippen LogP contribution in [-0.2, 0) is 0 Å². The number of allylic oxidation sites excluding steroid dienone is 4. The number of aromatic nitrogens is 1. The zero-order valence-corrected chi connectivity index (χ0v) is 32.1. The second-order valence-corrected chi connectivity index (χ2v) is 15.2. The molecule has 1 aromatic heterocycles. The summed E-state index contributed by atoms with van der Waals surface area (Å²) >= 11 is 0. The van der Waals surface area contributed by atoms with Crippen molar-refractivity contribution in [2.75, 3.05) is 4.90 Å². The van der Waals surface area contributed by atoms with Gasteiger partial charge < -0.3 is 9.47 Å². The summed E-state index contributed by atoms with van der Waals surface area (Å²) in [4.78, 5) is 2.39. The molecule has 9 aromatic carbocycles. The van der Waals surface area contributed by atoms with Gasteiger partial charge in [-0.25, -0.2) is 0 Å². The Kier molecular flexibility index (Phi) is 8.33. The van der Waals surface area contributed by atoms with E-state index < -0.39 is 0 Å². The minimum atomic E-state index is 1.03. The molecule has 0 atom stereocenters. The van der Waals surface area contributed by atoms with Crippen LogP contribution in [0.15, 0.2) is 218 Å². The fraction of sp³-hybridized carbons (Fsp3) is 0.0357. The van der Waals surface area contributed by atoms with Crippen LogP contribution in [0.1, 0.15) is 12.8 Å². The summed E-state index contributed by atoms with van der Waals surface area (Å²) in [6.45, 7) is 0. The molecule has 10 aromatic rings. The Morgan fingerprint density at radius 1 is 0.397 bits per heavy atom. The van der Waals surface area contributed by atoms with Gasteiger partial charge in [0.15, 0.2) is 0 Å². The Hall–Kier alpha value is -7.42. The lowest BCUT2D eigenvalue weighted by Crippen LogP contribution is -2.10. The highest BCUT2D eigenvalue weighted by Gasteiger charge is 2.19. The van der Waals surface area contributed by atoms with Crippen molar-refractivity contribution in [3.8, 4) is 33.4 Å². The molecule has 1 heterocycles. The maximum Gasteiger partial charge on any atom is 0.0544 e. The summed E-state index contributed by atoms with van der Waals surface area (Å²) < 4.78 is 2.49. The van der Waals surface area contributed by atoms with E-state index in [2.05, 4.69) is 228 Å². The van der Waals surface area contributed by atoms with Gasteiger partial charge in [0.1, 0.15) is 0 Å². The third-order valence-corrected chi connectivity index (χ3v) is 11.8. The fourth-order valence-corrected chi connectivity index (χ4v) is 9.00. The van der Waals surface area contributed by atoms with Crippen molar-refractivity contribution >= 4 is 66.1 Å². The third-order valence-electron chi connectivity index (χ3n) is 11.8. The number of nitrogens with zero attached hydrogens (tertiary/aromatic N) is 2. The number of rotatable bonds is 7.